The van der Waals surface area contributed by atoms with Crippen molar-refractivity contribution in [1.82, 2.24) is 14.6 Å². The summed E-state index contributed by atoms with van der Waals surface area (Å²) >= 11 is 3.29. The van der Waals surface area contributed by atoms with Gasteiger partial charge in [0.05, 0.1) is 19.0 Å². The maximum Gasteiger partial charge on any atom is 0.251 e. The van der Waals surface area contributed by atoms with Crippen LogP contribution < -0.4 is 5.32 Å². The lowest BCUT2D eigenvalue weighted by Gasteiger charge is -2.26. The molecule has 10 heteroatoms. The Morgan fingerprint density at radius 2 is 2.00 bits per heavy atom. The number of thioether (sulfide) groups is 1. The number of nitrogens with zero attached hydrogens (tertiary/aromatic N) is 2. The van der Waals surface area contributed by atoms with E-state index in [1.807, 2.05) is 24.4 Å². The molecule has 28 heavy (non-hydrogen) atoms. The summed E-state index contributed by atoms with van der Waals surface area (Å²) in [6.45, 7) is 3.63. The summed E-state index contributed by atoms with van der Waals surface area (Å²) < 4.78 is 32.1. The first-order valence-corrected chi connectivity index (χ1v) is 12.4. The first kappa shape index (κ1) is 21.3. The highest BCUT2D eigenvalue weighted by atomic mass is 32.2. The van der Waals surface area contributed by atoms with Crippen LogP contribution in [0.1, 0.15) is 21.6 Å². The molecule has 1 saturated heterocycles. The summed E-state index contributed by atoms with van der Waals surface area (Å²) in [5, 5.41) is 4.71. The van der Waals surface area contributed by atoms with Crippen LogP contribution >= 0.6 is 23.1 Å². The molecule has 0 unspecified atom stereocenters. The Hall–Kier alpha value is -1.46. The number of carbonyl (C=O) groups excluding carboxylic acids is 1. The SMILES string of the molecule is Cc1csc(SCc2ccc(C(=O)NCCS(=O)(=O)N3CCOCC3)cc2)n1. The van der Waals surface area contributed by atoms with Crippen molar-refractivity contribution in [3.05, 3.63) is 46.5 Å². The van der Waals surface area contributed by atoms with Crippen LogP contribution in [0.2, 0.25) is 0 Å². The van der Waals surface area contributed by atoms with Crippen LogP contribution in [0.5, 0.6) is 0 Å². The number of amides is 1. The van der Waals surface area contributed by atoms with E-state index in [1.54, 1.807) is 35.2 Å². The van der Waals surface area contributed by atoms with Gasteiger partial charge in [-0.05, 0) is 24.6 Å². The highest BCUT2D eigenvalue weighted by Gasteiger charge is 2.24. The normalized spacial score (nSPS) is 15.5. The van der Waals surface area contributed by atoms with Crippen molar-refractivity contribution in [2.75, 3.05) is 38.6 Å². The van der Waals surface area contributed by atoms with Gasteiger partial charge in [0.15, 0.2) is 0 Å². The van der Waals surface area contributed by atoms with Gasteiger partial charge in [-0.25, -0.2) is 13.4 Å². The smallest absolute Gasteiger partial charge is 0.251 e. The van der Waals surface area contributed by atoms with E-state index >= 15 is 0 Å². The molecule has 1 fully saturated rings. The standard InChI is InChI=1S/C18H23N3O4S3/c1-14-12-26-18(20-14)27-13-15-2-4-16(5-3-15)17(22)19-6-11-28(23,24)21-7-9-25-10-8-21/h2-5,12H,6-11,13H2,1H3,(H,19,22). The summed E-state index contributed by atoms with van der Waals surface area (Å²) in [5.74, 6) is 0.403. The van der Waals surface area contributed by atoms with E-state index in [1.165, 1.54) is 4.31 Å². The van der Waals surface area contributed by atoms with Crippen LogP contribution in [-0.2, 0) is 20.5 Å². The Morgan fingerprint density at radius 3 is 2.64 bits per heavy atom. The van der Waals surface area contributed by atoms with Crippen molar-refractivity contribution in [2.45, 2.75) is 17.0 Å². The van der Waals surface area contributed by atoms with Crippen molar-refractivity contribution >= 4 is 39.0 Å². The van der Waals surface area contributed by atoms with Gasteiger partial charge in [0.25, 0.3) is 5.91 Å². The third-order valence-corrected chi connectivity index (χ3v) is 8.27. The fourth-order valence-electron chi connectivity index (χ4n) is 2.65. The Morgan fingerprint density at radius 1 is 1.29 bits per heavy atom. The molecular formula is C18H23N3O4S3. The second-order valence-corrected chi connectivity index (χ2v) is 10.5. The van der Waals surface area contributed by atoms with Crippen molar-refractivity contribution in [2.24, 2.45) is 0 Å². The minimum absolute atomic E-state index is 0.0829. The second-order valence-electron chi connectivity index (χ2n) is 6.32. The fourth-order valence-corrected chi connectivity index (χ4v) is 5.77. The number of thiazole rings is 1. The average molecular weight is 442 g/mol. The van der Waals surface area contributed by atoms with Gasteiger partial charge >= 0.3 is 0 Å². The van der Waals surface area contributed by atoms with Gasteiger partial charge in [0.1, 0.15) is 4.34 Å². The topological polar surface area (TPSA) is 88.6 Å². The molecule has 1 aliphatic heterocycles. The van der Waals surface area contributed by atoms with E-state index in [-0.39, 0.29) is 18.2 Å². The summed E-state index contributed by atoms with van der Waals surface area (Å²) in [6, 6.07) is 7.34. The molecule has 1 aromatic carbocycles. The van der Waals surface area contributed by atoms with Crippen LogP contribution in [0.25, 0.3) is 0 Å². The van der Waals surface area contributed by atoms with Crippen LogP contribution in [0.4, 0.5) is 0 Å². The van der Waals surface area contributed by atoms with E-state index in [0.29, 0.717) is 31.9 Å². The summed E-state index contributed by atoms with van der Waals surface area (Å²) in [6.07, 6.45) is 0. The molecule has 0 aliphatic carbocycles. The lowest BCUT2D eigenvalue weighted by Crippen LogP contribution is -2.43. The van der Waals surface area contributed by atoms with Gasteiger partial charge in [0, 0.05) is 42.0 Å². The molecular weight excluding hydrogens is 418 g/mol. The van der Waals surface area contributed by atoms with Crippen molar-refractivity contribution in [3.63, 3.8) is 0 Å². The van der Waals surface area contributed by atoms with Crippen molar-refractivity contribution in [3.8, 4) is 0 Å². The molecule has 1 aromatic heterocycles. The average Bonchev–Trinajstić information content (AvgIpc) is 3.12. The second kappa shape index (κ2) is 9.84. The highest BCUT2D eigenvalue weighted by molar-refractivity contribution is 8.00. The first-order valence-electron chi connectivity index (χ1n) is 8.92. The molecule has 3 rings (SSSR count). The van der Waals surface area contributed by atoms with E-state index < -0.39 is 10.0 Å². The van der Waals surface area contributed by atoms with Crippen molar-refractivity contribution in [1.29, 1.82) is 0 Å². The van der Waals surface area contributed by atoms with Crippen LogP contribution in [0, 0.1) is 6.92 Å². The molecule has 1 aliphatic rings. The number of aryl methyl sites for hydroxylation is 1. The quantitative estimate of drug-likeness (QED) is 0.632. The van der Waals surface area contributed by atoms with E-state index in [0.717, 1.165) is 21.3 Å². The predicted molar refractivity (Wildman–Crippen MR) is 111 cm³/mol. The molecule has 2 heterocycles. The number of ether oxygens (including phenoxy) is 1. The van der Waals surface area contributed by atoms with Gasteiger partial charge in [-0.3, -0.25) is 4.79 Å². The summed E-state index contributed by atoms with van der Waals surface area (Å²) in [5.41, 5.74) is 2.64. The van der Waals surface area contributed by atoms with Crippen LogP contribution in [0.3, 0.4) is 0 Å². The number of sulfonamides is 1. The predicted octanol–water partition coefficient (Wildman–Crippen LogP) is 2.14. The Balaban J connectivity index is 1.45. The Bertz CT molecular complexity index is 891. The number of hydrogen-bond acceptors (Lipinski definition) is 7. The Labute approximate surface area is 173 Å². The number of morpholine rings is 1. The fraction of sp³-hybridized carbons (Fsp3) is 0.444. The number of carbonyl (C=O) groups is 1. The molecule has 1 amide bonds. The lowest BCUT2D eigenvalue weighted by atomic mass is 10.1. The number of rotatable bonds is 8. The van der Waals surface area contributed by atoms with Crippen molar-refractivity contribution < 1.29 is 17.9 Å². The first-order chi connectivity index (χ1) is 13.4. The number of benzene rings is 1. The van der Waals surface area contributed by atoms with E-state index in [4.69, 9.17) is 4.74 Å². The molecule has 0 spiro atoms. The molecule has 0 radical (unpaired) electrons. The maximum absolute atomic E-state index is 12.3. The van der Waals surface area contributed by atoms with Gasteiger partial charge in [0.2, 0.25) is 10.0 Å². The molecule has 0 bridgehead atoms. The molecule has 2 aromatic rings. The number of aromatic nitrogens is 1. The van der Waals surface area contributed by atoms with E-state index in [2.05, 4.69) is 10.3 Å². The molecule has 1 N–H and O–H groups in total. The zero-order valence-corrected chi connectivity index (χ0v) is 18.0. The maximum atomic E-state index is 12.3. The van der Waals surface area contributed by atoms with Gasteiger partial charge in [-0.1, -0.05) is 23.9 Å². The molecule has 152 valence electrons. The monoisotopic (exact) mass is 441 g/mol. The summed E-state index contributed by atoms with van der Waals surface area (Å²) in [7, 11) is -3.37. The third-order valence-electron chi connectivity index (χ3n) is 4.19. The van der Waals surface area contributed by atoms with Gasteiger partial charge in [-0.15, -0.1) is 11.3 Å². The highest BCUT2D eigenvalue weighted by Crippen LogP contribution is 2.26. The van der Waals surface area contributed by atoms with Gasteiger partial charge < -0.3 is 10.1 Å². The number of hydrogen-bond donors (Lipinski definition) is 1. The van der Waals surface area contributed by atoms with E-state index in [9.17, 15) is 13.2 Å². The lowest BCUT2D eigenvalue weighted by molar-refractivity contribution is 0.0730. The van der Waals surface area contributed by atoms with Crippen LogP contribution in [-0.4, -0.2) is 62.2 Å². The van der Waals surface area contributed by atoms with Gasteiger partial charge in [-0.2, -0.15) is 4.31 Å². The zero-order valence-electron chi connectivity index (χ0n) is 15.6. The molecule has 0 atom stereocenters. The minimum Gasteiger partial charge on any atom is -0.379 e. The molecule has 0 saturated carbocycles. The van der Waals surface area contributed by atoms with Crippen LogP contribution in [0.15, 0.2) is 34.0 Å². The zero-order chi connectivity index (χ0) is 20.0. The number of nitrogens with one attached hydrogen (secondary N) is 1. The molecule has 7 nitrogen and oxygen atoms in total. The minimum atomic E-state index is -3.37. The Kier molecular flexibility index (Phi) is 7.47. The third kappa shape index (κ3) is 6.02. The largest absolute Gasteiger partial charge is 0.379 e. The summed E-state index contributed by atoms with van der Waals surface area (Å²) in [4.78, 5) is 16.7.